The highest BCUT2D eigenvalue weighted by Gasteiger charge is 2.15. The highest BCUT2D eigenvalue weighted by Crippen LogP contribution is 2.12. The molecule has 0 bridgehead atoms. The average Bonchev–Trinajstić information content (AvgIpc) is 2.29. The molecule has 0 heterocycles. The smallest absolute Gasteiger partial charge is 0.155 e. The minimum atomic E-state index is -3.07. The SMILES string of the molecule is CC(C)S(=O)(=O)CCOc1ccc(C(=N)N)cc1. The first kappa shape index (κ1) is 14.5. The lowest BCUT2D eigenvalue weighted by Crippen LogP contribution is -2.22. The van der Waals surface area contributed by atoms with E-state index in [2.05, 4.69) is 0 Å². The molecule has 0 aliphatic heterocycles. The quantitative estimate of drug-likeness (QED) is 0.599. The first-order valence-corrected chi connectivity index (χ1v) is 7.33. The maximum atomic E-state index is 11.5. The van der Waals surface area contributed by atoms with Crippen molar-refractivity contribution in [2.24, 2.45) is 5.73 Å². The molecule has 1 aromatic carbocycles. The van der Waals surface area contributed by atoms with E-state index in [-0.39, 0.29) is 23.4 Å². The Labute approximate surface area is 107 Å². The summed E-state index contributed by atoms with van der Waals surface area (Å²) in [6.07, 6.45) is 0. The van der Waals surface area contributed by atoms with Crippen molar-refractivity contribution in [3.63, 3.8) is 0 Å². The molecule has 1 rings (SSSR count). The van der Waals surface area contributed by atoms with Crippen LogP contribution in [0.2, 0.25) is 0 Å². The van der Waals surface area contributed by atoms with E-state index in [9.17, 15) is 8.42 Å². The fraction of sp³-hybridized carbons (Fsp3) is 0.417. The highest BCUT2D eigenvalue weighted by atomic mass is 32.2. The predicted molar refractivity (Wildman–Crippen MR) is 71.9 cm³/mol. The van der Waals surface area contributed by atoms with Gasteiger partial charge in [0.25, 0.3) is 0 Å². The number of hydrogen-bond donors (Lipinski definition) is 2. The molecular formula is C12H18N2O3S. The van der Waals surface area contributed by atoms with Crippen LogP contribution in [-0.2, 0) is 9.84 Å². The summed E-state index contributed by atoms with van der Waals surface area (Å²) in [6, 6.07) is 6.65. The normalized spacial score (nSPS) is 11.5. The van der Waals surface area contributed by atoms with Crippen LogP contribution < -0.4 is 10.5 Å². The van der Waals surface area contributed by atoms with Crippen LogP contribution in [0.4, 0.5) is 0 Å². The maximum Gasteiger partial charge on any atom is 0.155 e. The molecule has 0 saturated heterocycles. The van der Waals surface area contributed by atoms with Gasteiger partial charge in [-0.3, -0.25) is 5.41 Å². The van der Waals surface area contributed by atoms with Crippen molar-refractivity contribution < 1.29 is 13.2 Å². The van der Waals surface area contributed by atoms with E-state index in [1.807, 2.05) is 0 Å². The van der Waals surface area contributed by atoms with Crippen LogP contribution in [0.3, 0.4) is 0 Å². The number of rotatable bonds is 6. The lowest BCUT2D eigenvalue weighted by atomic mass is 10.2. The van der Waals surface area contributed by atoms with Gasteiger partial charge in [0.15, 0.2) is 9.84 Å². The zero-order valence-corrected chi connectivity index (χ0v) is 11.3. The lowest BCUT2D eigenvalue weighted by molar-refractivity contribution is 0.340. The van der Waals surface area contributed by atoms with Crippen molar-refractivity contribution in [3.05, 3.63) is 29.8 Å². The molecule has 0 spiro atoms. The minimum Gasteiger partial charge on any atom is -0.493 e. The molecule has 0 amide bonds. The zero-order chi connectivity index (χ0) is 13.8. The molecule has 3 N–H and O–H groups in total. The summed E-state index contributed by atoms with van der Waals surface area (Å²) in [4.78, 5) is 0. The molecule has 100 valence electrons. The number of amidine groups is 1. The molecule has 1 aromatic rings. The first-order chi connectivity index (χ1) is 8.33. The van der Waals surface area contributed by atoms with Crippen molar-refractivity contribution in [1.82, 2.24) is 0 Å². The number of benzene rings is 1. The second-order valence-corrected chi connectivity index (χ2v) is 6.88. The fourth-order valence-corrected chi connectivity index (χ4v) is 2.03. The summed E-state index contributed by atoms with van der Waals surface area (Å²) in [5, 5.41) is 6.84. The van der Waals surface area contributed by atoms with E-state index in [0.717, 1.165) is 0 Å². The maximum absolute atomic E-state index is 11.5. The Hall–Kier alpha value is -1.56. The largest absolute Gasteiger partial charge is 0.493 e. The van der Waals surface area contributed by atoms with Crippen LogP contribution in [0, 0.1) is 5.41 Å². The van der Waals surface area contributed by atoms with Gasteiger partial charge in [-0.1, -0.05) is 0 Å². The number of nitrogens with one attached hydrogen (secondary N) is 1. The number of nitrogen functional groups attached to an aromatic ring is 1. The summed E-state index contributed by atoms with van der Waals surface area (Å²) in [6.45, 7) is 3.42. The van der Waals surface area contributed by atoms with Gasteiger partial charge in [0.05, 0.1) is 11.0 Å². The molecule has 0 fully saturated rings. The Morgan fingerprint density at radius 1 is 1.33 bits per heavy atom. The van der Waals surface area contributed by atoms with Crippen molar-refractivity contribution in [3.8, 4) is 5.75 Å². The van der Waals surface area contributed by atoms with E-state index < -0.39 is 9.84 Å². The van der Waals surface area contributed by atoms with E-state index in [1.54, 1.807) is 38.1 Å². The molecule has 5 nitrogen and oxygen atoms in total. The van der Waals surface area contributed by atoms with Gasteiger partial charge in [-0.25, -0.2) is 8.42 Å². The van der Waals surface area contributed by atoms with E-state index in [4.69, 9.17) is 15.9 Å². The summed E-state index contributed by atoms with van der Waals surface area (Å²) in [7, 11) is -3.07. The van der Waals surface area contributed by atoms with E-state index in [0.29, 0.717) is 11.3 Å². The summed E-state index contributed by atoms with van der Waals surface area (Å²) in [5.74, 6) is 0.557. The number of sulfone groups is 1. The summed E-state index contributed by atoms with van der Waals surface area (Å²) < 4.78 is 28.4. The van der Waals surface area contributed by atoms with Crippen LogP contribution in [0.1, 0.15) is 19.4 Å². The predicted octanol–water partition coefficient (Wildman–Crippen LogP) is 1.17. The Balaban J connectivity index is 2.52. The molecular weight excluding hydrogens is 252 g/mol. The average molecular weight is 270 g/mol. The van der Waals surface area contributed by atoms with Gasteiger partial charge < -0.3 is 10.5 Å². The highest BCUT2D eigenvalue weighted by molar-refractivity contribution is 7.91. The molecule has 0 aliphatic carbocycles. The van der Waals surface area contributed by atoms with Crippen molar-refractivity contribution >= 4 is 15.7 Å². The molecule has 0 aromatic heterocycles. The molecule has 0 aliphatic rings. The number of ether oxygens (including phenoxy) is 1. The van der Waals surface area contributed by atoms with E-state index >= 15 is 0 Å². The van der Waals surface area contributed by atoms with Gasteiger partial charge in [-0.05, 0) is 38.1 Å². The second-order valence-electron chi connectivity index (χ2n) is 4.20. The van der Waals surface area contributed by atoms with Gasteiger partial charge >= 0.3 is 0 Å². The molecule has 0 radical (unpaired) electrons. The molecule has 0 saturated carbocycles. The van der Waals surface area contributed by atoms with Crippen molar-refractivity contribution in [1.29, 1.82) is 5.41 Å². The van der Waals surface area contributed by atoms with Crippen molar-refractivity contribution in [2.75, 3.05) is 12.4 Å². The summed E-state index contributed by atoms with van der Waals surface area (Å²) in [5.41, 5.74) is 5.93. The van der Waals surface area contributed by atoms with Crippen LogP contribution in [-0.4, -0.2) is 31.9 Å². The van der Waals surface area contributed by atoms with E-state index in [1.165, 1.54) is 0 Å². The third-order valence-electron chi connectivity index (χ3n) is 2.52. The number of hydrogen-bond acceptors (Lipinski definition) is 4. The molecule has 18 heavy (non-hydrogen) atoms. The standard InChI is InChI=1S/C12H18N2O3S/c1-9(2)18(15,16)8-7-17-11-5-3-10(4-6-11)12(13)14/h3-6,9H,7-8H2,1-2H3,(H3,13,14). The van der Waals surface area contributed by atoms with Crippen LogP contribution in [0.25, 0.3) is 0 Å². The lowest BCUT2D eigenvalue weighted by Gasteiger charge is -2.09. The second kappa shape index (κ2) is 5.86. The third-order valence-corrected chi connectivity index (χ3v) is 4.69. The van der Waals surface area contributed by atoms with Gasteiger partial charge in [0.1, 0.15) is 18.2 Å². The third kappa shape index (κ3) is 4.03. The Morgan fingerprint density at radius 2 is 1.89 bits per heavy atom. The Kier molecular flexibility index (Phi) is 4.72. The van der Waals surface area contributed by atoms with Gasteiger partial charge in [-0.15, -0.1) is 0 Å². The Bertz CT molecular complexity index is 507. The van der Waals surface area contributed by atoms with Gasteiger partial charge in [0.2, 0.25) is 0 Å². The first-order valence-electron chi connectivity index (χ1n) is 5.62. The molecule has 0 unspecified atom stereocenters. The van der Waals surface area contributed by atoms with Crippen LogP contribution in [0.5, 0.6) is 5.75 Å². The number of nitrogens with two attached hydrogens (primary N) is 1. The molecule has 0 atom stereocenters. The monoisotopic (exact) mass is 270 g/mol. The van der Waals surface area contributed by atoms with Crippen LogP contribution in [0.15, 0.2) is 24.3 Å². The summed E-state index contributed by atoms with van der Waals surface area (Å²) >= 11 is 0. The Morgan fingerprint density at radius 3 is 2.33 bits per heavy atom. The molecule has 6 heteroatoms. The van der Waals surface area contributed by atoms with Crippen molar-refractivity contribution in [2.45, 2.75) is 19.1 Å². The zero-order valence-electron chi connectivity index (χ0n) is 10.5. The topological polar surface area (TPSA) is 93.2 Å². The van der Waals surface area contributed by atoms with Gasteiger partial charge in [0, 0.05) is 5.56 Å². The fourth-order valence-electron chi connectivity index (χ4n) is 1.24. The minimum absolute atomic E-state index is 0.000867. The van der Waals surface area contributed by atoms with Gasteiger partial charge in [-0.2, -0.15) is 0 Å². The van der Waals surface area contributed by atoms with Crippen LogP contribution >= 0.6 is 0 Å².